The Morgan fingerprint density at radius 1 is 1.05 bits per heavy atom. The van der Waals surface area contributed by atoms with Crippen molar-refractivity contribution in [1.29, 1.82) is 0 Å². The molecule has 108 valence electrons. The molecule has 4 aromatic rings. The molecule has 2 aromatic carbocycles. The van der Waals surface area contributed by atoms with E-state index in [1.165, 1.54) is 16.9 Å². The molecule has 2 aromatic heterocycles. The average molecular weight is 307 g/mol. The van der Waals surface area contributed by atoms with Gasteiger partial charge in [-0.15, -0.1) is 11.3 Å². The molecule has 2 heterocycles. The van der Waals surface area contributed by atoms with Gasteiger partial charge in [-0.2, -0.15) is 0 Å². The number of aromatic nitrogens is 1. The Bertz CT molecular complexity index is 1040. The Morgan fingerprint density at radius 2 is 1.82 bits per heavy atom. The summed E-state index contributed by atoms with van der Waals surface area (Å²) in [5, 5.41) is 1.63. The van der Waals surface area contributed by atoms with E-state index in [1.807, 2.05) is 49.4 Å². The lowest BCUT2D eigenvalue weighted by Gasteiger charge is -2.03. The minimum absolute atomic E-state index is 0.338. The summed E-state index contributed by atoms with van der Waals surface area (Å²) < 4.78 is 6.56. The van der Waals surface area contributed by atoms with E-state index in [1.54, 1.807) is 0 Å². The number of nitrogens with zero attached hydrogens (tertiary/aromatic N) is 1. The van der Waals surface area contributed by atoms with Crippen molar-refractivity contribution in [2.24, 2.45) is 0 Å². The van der Waals surface area contributed by atoms with Crippen molar-refractivity contribution < 1.29 is 4.42 Å². The fraction of sp³-hybridized carbons (Fsp3) is 0.111. The third-order valence-electron chi connectivity index (χ3n) is 3.87. The zero-order chi connectivity index (χ0) is 15.3. The Kier molecular flexibility index (Phi) is 2.87. The number of rotatable bonds is 1. The Balaban J connectivity index is 1.99. The normalized spacial score (nSPS) is 11.4. The number of hydrogen-bond acceptors (Lipinski definition) is 4. The molecule has 4 rings (SSSR count). The van der Waals surface area contributed by atoms with E-state index >= 15 is 0 Å². The summed E-state index contributed by atoms with van der Waals surface area (Å²) in [6, 6.07) is 13.7. The molecule has 0 amide bonds. The van der Waals surface area contributed by atoms with Gasteiger partial charge in [0.2, 0.25) is 0 Å². The summed E-state index contributed by atoms with van der Waals surface area (Å²) in [6.45, 7) is 4.06. The highest BCUT2D eigenvalue weighted by Crippen LogP contribution is 2.30. The van der Waals surface area contributed by atoms with Gasteiger partial charge in [0.05, 0.1) is 15.8 Å². The summed E-state index contributed by atoms with van der Waals surface area (Å²) in [4.78, 5) is 16.9. The summed E-state index contributed by atoms with van der Waals surface area (Å²) in [5.74, 6) is 0. The van der Waals surface area contributed by atoms with E-state index in [-0.39, 0.29) is 5.63 Å². The number of benzene rings is 2. The van der Waals surface area contributed by atoms with E-state index in [2.05, 4.69) is 11.9 Å². The van der Waals surface area contributed by atoms with E-state index in [4.69, 9.17) is 4.42 Å². The lowest BCUT2D eigenvalue weighted by molar-refractivity contribution is 0.563. The third kappa shape index (κ3) is 2.04. The molecule has 22 heavy (non-hydrogen) atoms. The van der Waals surface area contributed by atoms with Gasteiger partial charge in [0.1, 0.15) is 10.6 Å². The standard InChI is InChI=1S/C18H13NO2S/c1-10-7-12-9-13(18(20)21-15(12)8-11(10)2)17-19-14-5-3-4-6-16(14)22-17/h3-9H,1-2H3. The predicted octanol–water partition coefficient (Wildman–Crippen LogP) is 4.69. The lowest BCUT2D eigenvalue weighted by Crippen LogP contribution is -2.02. The molecule has 0 unspecified atom stereocenters. The molecule has 0 N–H and O–H groups in total. The van der Waals surface area contributed by atoms with Gasteiger partial charge in [-0.1, -0.05) is 12.1 Å². The van der Waals surface area contributed by atoms with Gasteiger partial charge < -0.3 is 4.42 Å². The van der Waals surface area contributed by atoms with E-state index in [0.717, 1.165) is 21.2 Å². The highest BCUT2D eigenvalue weighted by Gasteiger charge is 2.13. The van der Waals surface area contributed by atoms with Crippen molar-refractivity contribution >= 4 is 32.5 Å². The first-order valence-corrected chi connectivity index (χ1v) is 7.84. The van der Waals surface area contributed by atoms with E-state index < -0.39 is 0 Å². The topological polar surface area (TPSA) is 43.1 Å². The fourth-order valence-electron chi connectivity index (χ4n) is 2.52. The first kappa shape index (κ1) is 13.2. The van der Waals surface area contributed by atoms with Crippen LogP contribution in [-0.4, -0.2) is 4.98 Å². The van der Waals surface area contributed by atoms with Gasteiger partial charge in [0.25, 0.3) is 0 Å². The van der Waals surface area contributed by atoms with Crippen LogP contribution in [0.3, 0.4) is 0 Å². The Morgan fingerprint density at radius 3 is 2.64 bits per heavy atom. The Hall–Kier alpha value is -2.46. The van der Waals surface area contributed by atoms with Crippen LogP contribution in [0.25, 0.3) is 31.8 Å². The highest BCUT2D eigenvalue weighted by atomic mass is 32.1. The van der Waals surface area contributed by atoms with Crippen LogP contribution in [0, 0.1) is 13.8 Å². The van der Waals surface area contributed by atoms with Gasteiger partial charge in [0, 0.05) is 5.39 Å². The minimum Gasteiger partial charge on any atom is -0.422 e. The second-order valence-corrected chi connectivity index (χ2v) is 6.44. The molecule has 0 fully saturated rings. The second kappa shape index (κ2) is 4.78. The van der Waals surface area contributed by atoms with Crippen LogP contribution in [0.5, 0.6) is 0 Å². The number of fused-ring (bicyclic) bond motifs is 2. The van der Waals surface area contributed by atoms with Gasteiger partial charge in [0.15, 0.2) is 0 Å². The van der Waals surface area contributed by atoms with Gasteiger partial charge in [-0.25, -0.2) is 9.78 Å². The molecule has 0 atom stereocenters. The molecule has 0 aliphatic carbocycles. The molecule has 3 nitrogen and oxygen atoms in total. The first-order valence-electron chi connectivity index (χ1n) is 7.03. The molecular formula is C18H13NO2S. The molecule has 0 saturated heterocycles. The largest absolute Gasteiger partial charge is 0.422 e. The van der Waals surface area contributed by atoms with Crippen LogP contribution in [0.4, 0.5) is 0 Å². The zero-order valence-corrected chi connectivity index (χ0v) is 13.0. The van der Waals surface area contributed by atoms with Crippen molar-refractivity contribution in [2.75, 3.05) is 0 Å². The number of thiazole rings is 1. The first-order chi connectivity index (χ1) is 10.6. The van der Waals surface area contributed by atoms with Crippen molar-refractivity contribution in [3.05, 3.63) is 64.0 Å². The number of aryl methyl sites for hydroxylation is 2. The molecule has 0 aliphatic heterocycles. The van der Waals surface area contributed by atoms with Gasteiger partial charge in [-0.05, 0) is 55.3 Å². The summed E-state index contributed by atoms with van der Waals surface area (Å²) in [5.41, 5.74) is 4.01. The third-order valence-corrected chi connectivity index (χ3v) is 4.94. The molecule has 0 saturated carbocycles. The highest BCUT2D eigenvalue weighted by molar-refractivity contribution is 7.21. The fourth-order valence-corrected chi connectivity index (χ4v) is 3.49. The molecule has 4 heteroatoms. The van der Waals surface area contributed by atoms with Crippen molar-refractivity contribution in [1.82, 2.24) is 4.98 Å². The minimum atomic E-state index is -0.338. The molecule has 0 spiro atoms. The maximum Gasteiger partial charge on any atom is 0.346 e. The quantitative estimate of drug-likeness (QED) is 0.479. The van der Waals surface area contributed by atoms with Crippen LogP contribution in [-0.2, 0) is 0 Å². The van der Waals surface area contributed by atoms with Crippen LogP contribution in [0.15, 0.2) is 51.7 Å². The van der Waals surface area contributed by atoms with Gasteiger partial charge >= 0.3 is 5.63 Å². The summed E-state index contributed by atoms with van der Waals surface area (Å²) >= 11 is 1.51. The number of para-hydroxylation sites is 1. The van der Waals surface area contributed by atoms with Crippen LogP contribution < -0.4 is 5.63 Å². The molecule has 0 radical (unpaired) electrons. The second-order valence-electron chi connectivity index (χ2n) is 5.41. The van der Waals surface area contributed by atoms with Crippen LogP contribution in [0.1, 0.15) is 11.1 Å². The zero-order valence-electron chi connectivity index (χ0n) is 12.2. The van der Waals surface area contributed by atoms with Gasteiger partial charge in [-0.3, -0.25) is 0 Å². The van der Waals surface area contributed by atoms with E-state index in [0.29, 0.717) is 16.2 Å². The van der Waals surface area contributed by atoms with Crippen molar-refractivity contribution in [3.63, 3.8) is 0 Å². The number of hydrogen-bond donors (Lipinski definition) is 0. The van der Waals surface area contributed by atoms with Crippen molar-refractivity contribution in [2.45, 2.75) is 13.8 Å². The SMILES string of the molecule is Cc1cc2cc(-c3nc4ccccc4s3)c(=O)oc2cc1C. The monoisotopic (exact) mass is 307 g/mol. The maximum atomic E-state index is 12.3. The molecule has 0 aliphatic rings. The average Bonchev–Trinajstić information content (AvgIpc) is 2.92. The van der Waals surface area contributed by atoms with Crippen LogP contribution >= 0.6 is 11.3 Å². The Labute approximate surface area is 130 Å². The smallest absolute Gasteiger partial charge is 0.346 e. The molecule has 0 bridgehead atoms. The van der Waals surface area contributed by atoms with Crippen molar-refractivity contribution in [3.8, 4) is 10.6 Å². The summed E-state index contributed by atoms with van der Waals surface area (Å²) in [6.07, 6.45) is 0. The molecular weight excluding hydrogens is 294 g/mol. The van der Waals surface area contributed by atoms with Crippen LogP contribution in [0.2, 0.25) is 0 Å². The summed E-state index contributed by atoms with van der Waals surface area (Å²) in [7, 11) is 0. The maximum absolute atomic E-state index is 12.3. The predicted molar refractivity (Wildman–Crippen MR) is 90.6 cm³/mol. The lowest BCUT2D eigenvalue weighted by atomic mass is 10.1. The van der Waals surface area contributed by atoms with E-state index in [9.17, 15) is 4.79 Å².